The Morgan fingerprint density at radius 1 is 0.939 bits per heavy atom. The van der Waals surface area contributed by atoms with Crippen LogP contribution >= 0.6 is 0 Å². The Kier molecular flexibility index (Phi) is 11.3. The van der Waals surface area contributed by atoms with Gasteiger partial charge in [-0.1, -0.05) is 30.3 Å². The quantitative estimate of drug-likeness (QED) is 0.100. The molecule has 10 N–H and O–H groups in total. The van der Waals surface area contributed by atoms with Crippen LogP contribution in [0.4, 0.5) is 0 Å². The van der Waals surface area contributed by atoms with E-state index in [1.165, 1.54) is 13.8 Å². The molecule has 33 heavy (non-hydrogen) atoms. The second-order valence-corrected chi connectivity index (χ2v) is 7.62. The molecule has 0 fully saturated rings. The molecule has 0 radical (unpaired) electrons. The fourth-order valence-corrected chi connectivity index (χ4v) is 2.78. The van der Waals surface area contributed by atoms with Crippen LogP contribution in [-0.2, 0) is 25.6 Å². The highest BCUT2D eigenvalue weighted by atomic mass is 16.4. The maximum Gasteiger partial charge on any atom is 0.325 e. The fraction of sp³-hybridized carbons (Fsp3) is 0.476. The largest absolute Gasteiger partial charge is 0.480 e. The number of nitrogens with zero attached hydrogens (tertiary/aromatic N) is 1. The molecule has 3 amide bonds. The van der Waals surface area contributed by atoms with Gasteiger partial charge in [0.25, 0.3) is 0 Å². The van der Waals surface area contributed by atoms with Gasteiger partial charge in [-0.05, 0) is 32.3 Å². The van der Waals surface area contributed by atoms with Gasteiger partial charge in [-0.15, -0.1) is 0 Å². The van der Waals surface area contributed by atoms with E-state index in [1.807, 2.05) is 0 Å². The van der Waals surface area contributed by atoms with Gasteiger partial charge in [0.2, 0.25) is 17.7 Å². The van der Waals surface area contributed by atoms with Gasteiger partial charge in [0.15, 0.2) is 5.96 Å². The van der Waals surface area contributed by atoms with Gasteiger partial charge in [-0.2, -0.15) is 0 Å². The van der Waals surface area contributed by atoms with Gasteiger partial charge in [0.1, 0.15) is 18.1 Å². The summed E-state index contributed by atoms with van der Waals surface area (Å²) in [6.45, 7) is 3.03. The molecule has 12 heteroatoms. The zero-order valence-corrected chi connectivity index (χ0v) is 18.8. The van der Waals surface area contributed by atoms with Crippen LogP contribution in [0.2, 0.25) is 0 Å². The van der Waals surface area contributed by atoms with Gasteiger partial charge in [0.05, 0.1) is 6.04 Å². The van der Waals surface area contributed by atoms with Crippen molar-refractivity contribution in [1.82, 2.24) is 16.0 Å². The van der Waals surface area contributed by atoms with E-state index in [1.54, 1.807) is 30.3 Å². The van der Waals surface area contributed by atoms with Crippen LogP contribution in [0, 0.1) is 0 Å². The van der Waals surface area contributed by atoms with Crippen LogP contribution in [0.3, 0.4) is 0 Å². The minimum atomic E-state index is -1.21. The SMILES string of the molecule is CC(N)C(=O)NC(CCCN=C(N)N)C(=O)NC(Cc1ccccc1)C(=O)NC(C)C(=O)O. The highest BCUT2D eigenvalue weighted by Crippen LogP contribution is 2.06. The second kappa shape index (κ2) is 13.7. The molecular formula is C21H33N7O5. The Bertz CT molecular complexity index is 841. The molecular weight excluding hydrogens is 430 g/mol. The van der Waals surface area contributed by atoms with Crippen molar-refractivity contribution in [2.24, 2.45) is 22.2 Å². The van der Waals surface area contributed by atoms with E-state index in [4.69, 9.17) is 22.3 Å². The lowest BCUT2D eigenvalue weighted by Crippen LogP contribution is -2.57. The lowest BCUT2D eigenvalue weighted by atomic mass is 10.0. The second-order valence-electron chi connectivity index (χ2n) is 7.62. The van der Waals surface area contributed by atoms with Crippen molar-refractivity contribution in [3.05, 3.63) is 35.9 Å². The van der Waals surface area contributed by atoms with Crippen LogP contribution in [-0.4, -0.2) is 65.5 Å². The lowest BCUT2D eigenvalue weighted by Gasteiger charge is -2.24. The molecule has 0 aliphatic rings. The third-order valence-corrected chi connectivity index (χ3v) is 4.64. The number of nitrogens with one attached hydrogen (secondary N) is 3. The summed E-state index contributed by atoms with van der Waals surface area (Å²) >= 11 is 0. The van der Waals surface area contributed by atoms with Crippen LogP contribution in [0.25, 0.3) is 0 Å². The molecule has 0 heterocycles. The number of guanidine groups is 1. The van der Waals surface area contributed by atoms with Crippen molar-refractivity contribution in [2.75, 3.05) is 6.54 Å². The number of amides is 3. The van der Waals surface area contributed by atoms with Gasteiger partial charge < -0.3 is 38.3 Å². The normalized spacial score (nSPS) is 14.2. The average Bonchev–Trinajstić information content (AvgIpc) is 2.75. The molecule has 4 unspecified atom stereocenters. The molecule has 1 aromatic rings. The summed E-state index contributed by atoms with van der Waals surface area (Å²) in [5, 5.41) is 16.6. The van der Waals surface area contributed by atoms with Gasteiger partial charge in [-0.25, -0.2) is 0 Å². The minimum Gasteiger partial charge on any atom is -0.480 e. The summed E-state index contributed by atoms with van der Waals surface area (Å²) in [7, 11) is 0. The summed E-state index contributed by atoms with van der Waals surface area (Å²) in [6.07, 6.45) is 0.680. The van der Waals surface area contributed by atoms with E-state index in [2.05, 4.69) is 20.9 Å². The van der Waals surface area contributed by atoms with E-state index < -0.39 is 47.9 Å². The minimum absolute atomic E-state index is 0.0947. The Morgan fingerprint density at radius 2 is 1.52 bits per heavy atom. The number of aliphatic carboxylic acids is 1. The van der Waals surface area contributed by atoms with Crippen molar-refractivity contribution in [1.29, 1.82) is 0 Å². The van der Waals surface area contributed by atoms with Crippen molar-refractivity contribution in [3.8, 4) is 0 Å². The summed E-state index contributed by atoms with van der Waals surface area (Å²) in [4.78, 5) is 52.8. The molecule has 12 nitrogen and oxygen atoms in total. The van der Waals surface area contributed by atoms with Gasteiger partial charge in [0, 0.05) is 13.0 Å². The number of benzene rings is 1. The summed E-state index contributed by atoms with van der Waals surface area (Å²) in [5.74, 6) is -3.13. The van der Waals surface area contributed by atoms with E-state index in [0.29, 0.717) is 6.42 Å². The first kappa shape index (κ1) is 27.4. The summed E-state index contributed by atoms with van der Waals surface area (Å²) in [5.41, 5.74) is 16.9. The van der Waals surface area contributed by atoms with Gasteiger partial charge in [-0.3, -0.25) is 24.2 Å². The Morgan fingerprint density at radius 3 is 2.06 bits per heavy atom. The molecule has 0 bridgehead atoms. The molecule has 182 valence electrons. The Labute approximate surface area is 192 Å². The monoisotopic (exact) mass is 463 g/mol. The predicted octanol–water partition coefficient (Wildman–Crippen LogP) is -1.81. The average molecular weight is 464 g/mol. The molecule has 0 aromatic heterocycles. The molecule has 4 atom stereocenters. The number of carbonyl (C=O) groups is 4. The van der Waals surface area contributed by atoms with Crippen molar-refractivity contribution >= 4 is 29.7 Å². The zero-order valence-electron chi connectivity index (χ0n) is 18.8. The zero-order chi connectivity index (χ0) is 25.0. The van der Waals surface area contributed by atoms with Crippen LogP contribution < -0.4 is 33.2 Å². The molecule has 1 rings (SSSR count). The fourth-order valence-electron chi connectivity index (χ4n) is 2.78. The third kappa shape index (κ3) is 10.5. The molecule has 0 saturated carbocycles. The Hall–Kier alpha value is -3.67. The van der Waals surface area contributed by atoms with Gasteiger partial charge >= 0.3 is 5.97 Å². The lowest BCUT2D eigenvalue weighted by molar-refractivity contribution is -0.141. The number of carbonyl (C=O) groups excluding carboxylic acids is 3. The summed E-state index contributed by atoms with van der Waals surface area (Å²) in [6, 6.07) is 4.84. The predicted molar refractivity (Wildman–Crippen MR) is 123 cm³/mol. The molecule has 0 spiro atoms. The van der Waals surface area contributed by atoms with Crippen molar-refractivity contribution in [2.45, 2.75) is 57.3 Å². The Balaban J connectivity index is 3.01. The van der Waals surface area contributed by atoms with Crippen LogP contribution in [0.5, 0.6) is 0 Å². The summed E-state index contributed by atoms with van der Waals surface area (Å²) < 4.78 is 0. The third-order valence-electron chi connectivity index (χ3n) is 4.64. The number of carboxylic acid groups (broad SMARTS) is 1. The molecule has 0 saturated heterocycles. The first-order chi connectivity index (χ1) is 15.5. The van der Waals surface area contributed by atoms with Crippen LogP contribution in [0.15, 0.2) is 35.3 Å². The van der Waals surface area contributed by atoms with E-state index in [0.717, 1.165) is 5.56 Å². The van der Waals surface area contributed by atoms with Crippen LogP contribution in [0.1, 0.15) is 32.3 Å². The molecule has 0 aliphatic carbocycles. The first-order valence-corrected chi connectivity index (χ1v) is 10.5. The topological polar surface area (TPSA) is 215 Å². The number of hydrogen-bond acceptors (Lipinski definition) is 6. The number of hydrogen-bond donors (Lipinski definition) is 7. The number of rotatable bonds is 13. The highest BCUT2D eigenvalue weighted by Gasteiger charge is 2.28. The molecule has 1 aromatic carbocycles. The highest BCUT2D eigenvalue weighted by molar-refractivity contribution is 5.94. The number of carboxylic acids is 1. The first-order valence-electron chi connectivity index (χ1n) is 10.5. The standard InChI is InChI=1S/C21H33N7O5/c1-12(22)17(29)27-15(9-6-10-25-21(23)24)18(30)28-16(11-14-7-4-3-5-8-14)19(31)26-13(2)20(32)33/h3-5,7-8,12-13,15-16H,6,9-11,22H2,1-2H3,(H,26,31)(H,27,29)(H,28,30)(H,32,33)(H4,23,24,25). The van der Waals surface area contributed by atoms with E-state index in [9.17, 15) is 19.2 Å². The van der Waals surface area contributed by atoms with Crippen molar-refractivity contribution < 1.29 is 24.3 Å². The number of aliphatic imine (C=N–C) groups is 1. The van der Waals surface area contributed by atoms with E-state index in [-0.39, 0.29) is 25.3 Å². The maximum atomic E-state index is 13.0. The van der Waals surface area contributed by atoms with Crippen molar-refractivity contribution in [3.63, 3.8) is 0 Å². The number of nitrogens with two attached hydrogens (primary N) is 3. The van der Waals surface area contributed by atoms with E-state index >= 15 is 0 Å². The maximum absolute atomic E-state index is 13.0. The molecule has 0 aliphatic heterocycles. The smallest absolute Gasteiger partial charge is 0.325 e.